The maximum absolute atomic E-state index is 13.0. The molecule has 36 heavy (non-hydrogen) atoms. The van der Waals surface area contributed by atoms with Crippen LogP contribution >= 0.6 is 11.6 Å². The molecule has 2 aromatic carbocycles. The first-order chi connectivity index (χ1) is 17.4. The third-order valence-corrected chi connectivity index (χ3v) is 6.90. The van der Waals surface area contributed by atoms with Gasteiger partial charge in [0, 0.05) is 53.5 Å². The molecule has 2 aromatic rings. The Hall–Kier alpha value is -3.58. The van der Waals surface area contributed by atoms with E-state index in [0.717, 1.165) is 18.4 Å². The van der Waals surface area contributed by atoms with Crippen LogP contribution in [0.1, 0.15) is 50.0 Å². The first-order valence-electron chi connectivity index (χ1n) is 12.0. The molecule has 1 heterocycles. The highest BCUT2D eigenvalue weighted by molar-refractivity contribution is 6.30. The van der Waals surface area contributed by atoms with Crippen molar-refractivity contribution in [3.8, 4) is 11.5 Å². The first kappa shape index (κ1) is 24.1. The summed E-state index contributed by atoms with van der Waals surface area (Å²) in [5, 5.41) is 3.33. The Morgan fingerprint density at radius 1 is 0.944 bits per heavy atom. The molecule has 0 spiro atoms. The van der Waals surface area contributed by atoms with Crippen molar-refractivity contribution in [2.75, 3.05) is 19.0 Å². The molecule has 0 aromatic heterocycles. The molecule has 8 heteroatoms. The van der Waals surface area contributed by atoms with Crippen molar-refractivity contribution in [2.24, 2.45) is 0 Å². The van der Waals surface area contributed by atoms with Crippen LogP contribution in [0.25, 0.3) is 0 Å². The van der Waals surface area contributed by atoms with Gasteiger partial charge in [-0.15, -0.1) is 0 Å². The Kier molecular flexibility index (Phi) is 6.83. The maximum atomic E-state index is 13.0. The van der Waals surface area contributed by atoms with Crippen molar-refractivity contribution in [1.82, 2.24) is 0 Å². The van der Waals surface area contributed by atoms with E-state index < -0.39 is 5.92 Å². The van der Waals surface area contributed by atoms with Crippen LogP contribution in [-0.2, 0) is 19.1 Å². The normalized spacial score (nSPS) is 17.8. The number of carbonyl (C=O) groups excluding carboxylic acids is 3. The number of amides is 1. The summed E-state index contributed by atoms with van der Waals surface area (Å²) in [6, 6.07) is 12.1. The van der Waals surface area contributed by atoms with E-state index in [4.69, 9.17) is 25.8 Å². The van der Waals surface area contributed by atoms with Gasteiger partial charge in [0.1, 0.15) is 11.5 Å². The molecule has 3 aliphatic rings. The van der Waals surface area contributed by atoms with Gasteiger partial charge in [-0.05, 0) is 54.8 Å². The monoisotopic (exact) mass is 507 g/mol. The van der Waals surface area contributed by atoms with Crippen LogP contribution in [0.4, 0.5) is 5.69 Å². The van der Waals surface area contributed by atoms with E-state index in [1.54, 1.807) is 36.4 Å². The molecular formula is C28H26ClNO6. The Bertz CT molecular complexity index is 1250. The van der Waals surface area contributed by atoms with Crippen LogP contribution in [-0.4, -0.2) is 31.2 Å². The van der Waals surface area contributed by atoms with Gasteiger partial charge in [0.15, 0.2) is 29.7 Å². The number of methoxy groups -OCH3 is 1. The summed E-state index contributed by atoms with van der Waals surface area (Å²) in [7, 11) is 1.51. The molecule has 186 valence electrons. The number of benzene rings is 2. The number of carbonyl (C=O) groups is 3. The summed E-state index contributed by atoms with van der Waals surface area (Å²) in [5.74, 6) is 1.38. The van der Waals surface area contributed by atoms with Crippen molar-refractivity contribution in [3.05, 3.63) is 75.7 Å². The van der Waals surface area contributed by atoms with Gasteiger partial charge >= 0.3 is 0 Å². The van der Waals surface area contributed by atoms with Gasteiger partial charge < -0.3 is 19.5 Å². The number of allylic oxidation sites excluding steroid dienone is 4. The van der Waals surface area contributed by atoms with Crippen LogP contribution in [0.3, 0.4) is 0 Å². The van der Waals surface area contributed by atoms with Crippen molar-refractivity contribution >= 4 is 34.8 Å². The second kappa shape index (κ2) is 10.2. The molecule has 1 amide bonds. The third-order valence-electron chi connectivity index (χ3n) is 6.65. The lowest BCUT2D eigenvalue weighted by Crippen LogP contribution is -2.30. The largest absolute Gasteiger partial charge is 0.493 e. The summed E-state index contributed by atoms with van der Waals surface area (Å²) in [6.07, 6.45) is 3.74. The van der Waals surface area contributed by atoms with Crippen molar-refractivity contribution in [3.63, 3.8) is 0 Å². The minimum absolute atomic E-state index is 0.0179. The summed E-state index contributed by atoms with van der Waals surface area (Å²) >= 11 is 5.88. The van der Waals surface area contributed by atoms with Crippen LogP contribution < -0.4 is 14.8 Å². The van der Waals surface area contributed by atoms with Gasteiger partial charge in [-0.1, -0.05) is 17.7 Å². The number of hydrogen-bond acceptors (Lipinski definition) is 6. The van der Waals surface area contributed by atoms with E-state index in [-0.39, 0.29) is 24.1 Å². The number of rotatable bonds is 6. The summed E-state index contributed by atoms with van der Waals surface area (Å²) in [6.45, 7) is -0.225. The molecule has 0 fully saturated rings. The predicted octanol–water partition coefficient (Wildman–Crippen LogP) is 5.49. The van der Waals surface area contributed by atoms with Crippen LogP contribution in [0.15, 0.2) is 65.1 Å². The molecule has 5 rings (SSSR count). The summed E-state index contributed by atoms with van der Waals surface area (Å²) in [5.41, 5.74) is 2.53. The summed E-state index contributed by atoms with van der Waals surface area (Å²) in [4.78, 5) is 38.3. The lowest BCUT2D eigenvalue weighted by molar-refractivity contribution is -0.119. The van der Waals surface area contributed by atoms with E-state index in [9.17, 15) is 14.4 Å². The van der Waals surface area contributed by atoms with Gasteiger partial charge in [-0.25, -0.2) is 0 Å². The maximum Gasteiger partial charge on any atom is 0.262 e. The minimum atomic E-state index is -0.486. The number of halogens is 1. The Labute approximate surface area is 214 Å². The van der Waals surface area contributed by atoms with E-state index in [0.29, 0.717) is 70.6 Å². The molecule has 0 unspecified atom stereocenters. The van der Waals surface area contributed by atoms with Gasteiger partial charge in [0.25, 0.3) is 5.91 Å². The third kappa shape index (κ3) is 4.75. The molecule has 1 N–H and O–H groups in total. The Balaban J connectivity index is 1.40. The van der Waals surface area contributed by atoms with Gasteiger partial charge in [0.2, 0.25) is 0 Å². The zero-order valence-corrected chi connectivity index (χ0v) is 20.7. The fourth-order valence-corrected chi connectivity index (χ4v) is 5.13. The molecule has 2 aliphatic carbocycles. The lowest BCUT2D eigenvalue weighted by atomic mass is 9.73. The van der Waals surface area contributed by atoms with E-state index >= 15 is 0 Å². The molecule has 0 atom stereocenters. The number of nitrogens with one attached hydrogen (secondary N) is 1. The minimum Gasteiger partial charge on any atom is -0.493 e. The second-order valence-electron chi connectivity index (χ2n) is 9.02. The van der Waals surface area contributed by atoms with Crippen molar-refractivity contribution in [2.45, 2.75) is 44.4 Å². The number of ether oxygens (including phenoxy) is 3. The molecule has 0 saturated carbocycles. The van der Waals surface area contributed by atoms with Gasteiger partial charge in [-0.3, -0.25) is 14.4 Å². The number of ketones is 2. The second-order valence-corrected chi connectivity index (χ2v) is 9.45. The highest BCUT2D eigenvalue weighted by Gasteiger charge is 2.41. The SMILES string of the molecule is COc1cc(C2C3=C(CCCC3=O)OC3=C2C(=O)CCC3)ccc1OCC(=O)Nc1ccc(Cl)cc1. The molecule has 7 nitrogen and oxygen atoms in total. The Morgan fingerprint density at radius 3 is 2.19 bits per heavy atom. The van der Waals surface area contributed by atoms with E-state index in [1.165, 1.54) is 7.11 Å². The number of hydrogen-bond donors (Lipinski definition) is 1. The number of Topliss-reactive ketones (excluding diaryl/α,β-unsaturated/α-hetero) is 2. The zero-order valence-electron chi connectivity index (χ0n) is 19.9. The van der Waals surface area contributed by atoms with Gasteiger partial charge in [0.05, 0.1) is 7.11 Å². The quantitative estimate of drug-likeness (QED) is 0.555. The molecule has 1 aliphatic heterocycles. The summed E-state index contributed by atoms with van der Waals surface area (Å²) < 4.78 is 17.4. The van der Waals surface area contributed by atoms with E-state index in [2.05, 4.69) is 5.32 Å². The fraction of sp³-hybridized carbons (Fsp3) is 0.321. The highest BCUT2D eigenvalue weighted by Crippen LogP contribution is 2.48. The zero-order chi connectivity index (χ0) is 25.2. The van der Waals surface area contributed by atoms with Crippen molar-refractivity contribution < 1.29 is 28.6 Å². The topological polar surface area (TPSA) is 90.9 Å². The van der Waals surface area contributed by atoms with Crippen LogP contribution in [0.5, 0.6) is 11.5 Å². The molecule has 0 saturated heterocycles. The Morgan fingerprint density at radius 2 is 1.58 bits per heavy atom. The van der Waals surface area contributed by atoms with Gasteiger partial charge in [-0.2, -0.15) is 0 Å². The lowest BCUT2D eigenvalue weighted by Gasteiger charge is -2.36. The molecule has 0 bridgehead atoms. The fourth-order valence-electron chi connectivity index (χ4n) is 5.01. The highest BCUT2D eigenvalue weighted by atomic mass is 35.5. The molecular weight excluding hydrogens is 482 g/mol. The molecule has 0 radical (unpaired) electrons. The standard InChI is InChI=1S/C28H26ClNO6/c1-34-24-14-16(8-13-21(24)35-15-25(33)30-18-11-9-17(29)10-12-18)26-27-19(31)4-2-6-22(27)36-23-7-3-5-20(32)28(23)26/h8-14,26H,2-7,15H2,1H3,(H,30,33). The predicted molar refractivity (Wildman–Crippen MR) is 134 cm³/mol. The average Bonchev–Trinajstić information content (AvgIpc) is 2.88. The first-order valence-corrected chi connectivity index (χ1v) is 12.4. The van der Waals surface area contributed by atoms with Crippen molar-refractivity contribution in [1.29, 1.82) is 0 Å². The average molecular weight is 508 g/mol. The smallest absolute Gasteiger partial charge is 0.262 e. The number of anilines is 1. The van der Waals surface area contributed by atoms with Crippen LogP contribution in [0, 0.1) is 0 Å². The van der Waals surface area contributed by atoms with E-state index in [1.807, 2.05) is 6.07 Å². The van der Waals surface area contributed by atoms with Crippen LogP contribution in [0.2, 0.25) is 5.02 Å².